The van der Waals surface area contributed by atoms with Gasteiger partial charge in [0.25, 0.3) is 10.0 Å². The summed E-state index contributed by atoms with van der Waals surface area (Å²) in [5.74, 6) is 0. The first kappa shape index (κ1) is 17.5. The first-order valence-corrected chi connectivity index (χ1v) is 9.68. The van der Waals surface area contributed by atoms with Crippen molar-refractivity contribution in [3.8, 4) is 0 Å². The van der Waals surface area contributed by atoms with E-state index in [1.807, 2.05) is 31.2 Å². The van der Waals surface area contributed by atoms with Crippen LogP contribution in [-0.4, -0.2) is 8.42 Å². The maximum atomic E-state index is 12.4. The Kier molecular flexibility index (Phi) is 6.22. The standard InChI is InChI=1S/C19H25NO2S/c1-3-4-5-6-7-17-10-14-19(15-11-17)23(21,22)20-18-12-8-16(2)9-13-18/h8-15,20H,3-7H2,1-2H3. The highest BCUT2D eigenvalue weighted by Gasteiger charge is 2.13. The number of rotatable bonds is 8. The molecule has 0 amide bonds. The Hall–Kier alpha value is -1.81. The normalized spacial score (nSPS) is 11.4. The average Bonchev–Trinajstić information content (AvgIpc) is 2.54. The summed E-state index contributed by atoms with van der Waals surface area (Å²) in [5, 5.41) is 0. The highest BCUT2D eigenvalue weighted by Crippen LogP contribution is 2.18. The zero-order valence-electron chi connectivity index (χ0n) is 13.9. The second kappa shape index (κ2) is 8.16. The van der Waals surface area contributed by atoms with E-state index in [1.54, 1.807) is 24.3 Å². The molecule has 2 aromatic rings. The van der Waals surface area contributed by atoms with Gasteiger partial charge in [0, 0.05) is 5.69 Å². The van der Waals surface area contributed by atoms with Crippen molar-refractivity contribution < 1.29 is 8.42 Å². The molecule has 23 heavy (non-hydrogen) atoms. The van der Waals surface area contributed by atoms with E-state index in [0.29, 0.717) is 10.6 Å². The lowest BCUT2D eigenvalue weighted by Gasteiger charge is -2.09. The molecule has 0 aliphatic heterocycles. The van der Waals surface area contributed by atoms with E-state index < -0.39 is 10.0 Å². The number of hydrogen-bond donors (Lipinski definition) is 1. The van der Waals surface area contributed by atoms with Crippen molar-refractivity contribution in [2.24, 2.45) is 0 Å². The summed E-state index contributed by atoms with van der Waals surface area (Å²) >= 11 is 0. The summed E-state index contributed by atoms with van der Waals surface area (Å²) < 4.78 is 27.4. The molecule has 2 aromatic carbocycles. The van der Waals surface area contributed by atoms with Gasteiger partial charge < -0.3 is 0 Å². The maximum absolute atomic E-state index is 12.4. The van der Waals surface area contributed by atoms with Crippen LogP contribution in [0.15, 0.2) is 53.4 Å². The molecule has 0 heterocycles. The summed E-state index contributed by atoms with van der Waals surface area (Å²) in [4.78, 5) is 0.301. The van der Waals surface area contributed by atoms with Gasteiger partial charge in [-0.15, -0.1) is 0 Å². The van der Waals surface area contributed by atoms with Gasteiger partial charge in [-0.3, -0.25) is 4.72 Å². The predicted molar refractivity (Wildman–Crippen MR) is 96.3 cm³/mol. The van der Waals surface area contributed by atoms with E-state index in [9.17, 15) is 8.42 Å². The highest BCUT2D eigenvalue weighted by atomic mass is 32.2. The Labute approximate surface area is 139 Å². The minimum atomic E-state index is -3.52. The smallest absolute Gasteiger partial charge is 0.261 e. The lowest BCUT2D eigenvalue weighted by atomic mass is 10.1. The van der Waals surface area contributed by atoms with Gasteiger partial charge in [0.05, 0.1) is 4.90 Å². The zero-order valence-corrected chi connectivity index (χ0v) is 14.7. The molecular formula is C19H25NO2S. The Bertz CT molecular complexity index is 704. The number of aryl methyl sites for hydroxylation is 2. The molecular weight excluding hydrogens is 306 g/mol. The fourth-order valence-electron chi connectivity index (χ4n) is 2.43. The van der Waals surface area contributed by atoms with E-state index in [4.69, 9.17) is 0 Å². The van der Waals surface area contributed by atoms with Crippen LogP contribution in [0, 0.1) is 6.92 Å². The van der Waals surface area contributed by atoms with Gasteiger partial charge in [-0.05, 0) is 49.6 Å². The lowest BCUT2D eigenvalue weighted by molar-refractivity contribution is 0.601. The van der Waals surface area contributed by atoms with Crippen LogP contribution < -0.4 is 4.72 Å². The molecule has 0 aliphatic rings. The van der Waals surface area contributed by atoms with Crippen LogP contribution in [0.5, 0.6) is 0 Å². The number of hydrogen-bond acceptors (Lipinski definition) is 2. The van der Waals surface area contributed by atoms with Gasteiger partial charge >= 0.3 is 0 Å². The number of unbranched alkanes of at least 4 members (excludes halogenated alkanes) is 3. The SMILES string of the molecule is CCCCCCc1ccc(S(=O)(=O)Nc2ccc(C)cc2)cc1. The van der Waals surface area contributed by atoms with Crippen LogP contribution >= 0.6 is 0 Å². The van der Waals surface area contributed by atoms with Crippen LogP contribution in [0.4, 0.5) is 5.69 Å². The van der Waals surface area contributed by atoms with E-state index in [0.717, 1.165) is 18.4 Å². The molecule has 2 rings (SSSR count). The second-order valence-electron chi connectivity index (χ2n) is 5.93. The van der Waals surface area contributed by atoms with Gasteiger partial charge in [-0.2, -0.15) is 0 Å². The number of anilines is 1. The molecule has 0 spiro atoms. The predicted octanol–water partition coefficient (Wildman–Crippen LogP) is 4.92. The summed E-state index contributed by atoms with van der Waals surface area (Å²) in [6, 6.07) is 14.5. The Balaban J connectivity index is 2.01. The molecule has 124 valence electrons. The van der Waals surface area contributed by atoms with E-state index in [2.05, 4.69) is 11.6 Å². The first-order valence-electron chi connectivity index (χ1n) is 8.19. The van der Waals surface area contributed by atoms with E-state index in [1.165, 1.54) is 24.8 Å². The Morgan fingerprint density at radius 1 is 0.870 bits per heavy atom. The Morgan fingerprint density at radius 2 is 1.52 bits per heavy atom. The maximum Gasteiger partial charge on any atom is 0.261 e. The molecule has 3 nitrogen and oxygen atoms in total. The summed E-state index contributed by atoms with van der Waals surface area (Å²) in [7, 11) is -3.52. The molecule has 0 unspecified atom stereocenters. The molecule has 0 atom stereocenters. The Morgan fingerprint density at radius 3 is 2.13 bits per heavy atom. The third-order valence-electron chi connectivity index (χ3n) is 3.86. The second-order valence-corrected chi connectivity index (χ2v) is 7.61. The number of benzene rings is 2. The van der Waals surface area contributed by atoms with Gasteiger partial charge in [0.15, 0.2) is 0 Å². The minimum absolute atomic E-state index is 0.301. The molecule has 0 saturated carbocycles. The fourth-order valence-corrected chi connectivity index (χ4v) is 3.49. The van der Waals surface area contributed by atoms with Gasteiger partial charge in [0.1, 0.15) is 0 Å². The molecule has 0 saturated heterocycles. The quantitative estimate of drug-likeness (QED) is 0.698. The number of sulfonamides is 1. The largest absolute Gasteiger partial charge is 0.280 e. The van der Waals surface area contributed by atoms with Crippen molar-refractivity contribution >= 4 is 15.7 Å². The molecule has 0 aromatic heterocycles. The van der Waals surface area contributed by atoms with E-state index >= 15 is 0 Å². The van der Waals surface area contributed by atoms with Crippen LogP contribution in [0.2, 0.25) is 0 Å². The van der Waals surface area contributed by atoms with Crippen molar-refractivity contribution in [1.29, 1.82) is 0 Å². The zero-order chi connectivity index (χ0) is 16.7. The van der Waals surface area contributed by atoms with Crippen molar-refractivity contribution in [2.45, 2.75) is 50.8 Å². The van der Waals surface area contributed by atoms with Crippen LogP contribution in [0.25, 0.3) is 0 Å². The van der Waals surface area contributed by atoms with Crippen molar-refractivity contribution in [2.75, 3.05) is 4.72 Å². The minimum Gasteiger partial charge on any atom is -0.280 e. The fraction of sp³-hybridized carbons (Fsp3) is 0.368. The van der Waals surface area contributed by atoms with Crippen LogP contribution in [-0.2, 0) is 16.4 Å². The third kappa shape index (κ3) is 5.39. The van der Waals surface area contributed by atoms with Gasteiger partial charge in [0.2, 0.25) is 0 Å². The van der Waals surface area contributed by atoms with Crippen LogP contribution in [0.1, 0.15) is 43.7 Å². The average molecular weight is 331 g/mol. The lowest BCUT2D eigenvalue weighted by Crippen LogP contribution is -2.12. The summed E-state index contributed by atoms with van der Waals surface area (Å²) in [5.41, 5.74) is 2.87. The molecule has 0 aliphatic carbocycles. The third-order valence-corrected chi connectivity index (χ3v) is 5.25. The number of nitrogens with one attached hydrogen (secondary N) is 1. The van der Waals surface area contributed by atoms with E-state index in [-0.39, 0.29) is 0 Å². The summed E-state index contributed by atoms with van der Waals surface area (Å²) in [6.07, 6.45) is 5.87. The highest BCUT2D eigenvalue weighted by molar-refractivity contribution is 7.92. The van der Waals surface area contributed by atoms with Crippen molar-refractivity contribution in [1.82, 2.24) is 0 Å². The molecule has 1 N–H and O–H groups in total. The topological polar surface area (TPSA) is 46.2 Å². The molecule has 4 heteroatoms. The molecule has 0 radical (unpaired) electrons. The molecule has 0 bridgehead atoms. The monoisotopic (exact) mass is 331 g/mol. The van der Waals surface area contributed by atoms with Crippen molar-refractivity contribution in [3.05, 3.63) is 59.7 Å². The van der Waals surface area contributed by atoms with Crippen LogP contribution in [0.3, 0.4) is 0 Å². The first-order chi connectivity index (χ1) is 11.0. The summed E-state index contributed by atoms with van der Waals surface area (Å²) in [6.45, 7) is 4.16. The van der Waals surface area contributed by atoms with Gasteiger partial charge in [-0.1, -0.05) is 56.0 Å². The van der Waals surface area contributed by atoms with Crippen molar-refractivity contribution in [3.63, 3.8) is 0 Å². The molecule has 0 fully saturated rings. The van der Waals surface area contributed by atoms with Gasteiger partial charge in [-0.25, -0.2) is 8.42 Å².